The highest BCUT2D eigenvalue weighted by Gasteiger charge is 2.24. The minimum Gasteiger partial charge on any atom is -0.483 e. The van der Waals surface area contributed by atoms with Gasteiger partial charge in [0.1, 0.15) is 18.6 Å². The molecule has 4 nitrogen and oxygen atoms in total. The van der Waals surface area contributed by atoms with Crippen LogP contribution in [-0.2, 0) is 0 Å². The van der Waals surface area contributed by atoms with Crippen molar-refractivity contribution < 1.29 is 4.74 Å². The maximum Gasteiger partial charge on any atom is 0.164 e. The van der Waals surface area contributed by atoms with Gasteiger partial charge in [-0.25, -0.2) is 9.97 Å². The van der Waals surface area contributed by atoms with Crippen LogP contribution in [0.4, 0.5) is 0 Å². The first kappa shape index (κ1) is 6.88. The third-order valence-corrected chi connectivity index (χ3v) is 2.41. The second kappa shape index (κ2) is 2.45. The molecule has 13 heavy (non-hydrogen) atoms. The average Bonchev–Trinajstić information content (AvgIpc) is 2.65. The Morgan fingerprint density at radius 2 is 2.46 bits per heavy atom. The summed E-state index contributed by atoms with van der Waals surface area (Å²) in [7, 11) is 0. The maximum absolute atomic E-state index is 5.49. The van der Waals surface area contributed by atoms with Crippen LogP contribution in [0.3, 0.4) is 0 Å². The fourth-order valence-electron chi connectivity index (χ4n) is 1.79. The Morgan fingerprint density at radius 3 is 3.46 bits per heavy atom. The predicted molar refractivity (Wildman–Crippen MR) is 47.1 cm³/mol. The van der Waals surface area contributed by atoms with Crippen molar-refractivity contribution in [2.75, 3.05) is 13.2 Å². The van der Waals surface area contributed by atoms with Gasteiger partial charge in [-0.3, -0.25) is 0 Å². The van der Waals surface area contributed by atoms with Gasteiger partial charge in [0.05, 0.1) is 11.9 Å². The lowest BCUT2D eigenvalue weighted by Gasteiger charge is -2.17. The Hall–Kier alpha value is -1.58. The zero-order chi connectivity index (χ0) is 8.67. The molecule has 1 aromatic rings. The third kappa shape index (κ3) is 0.915. The molecule has 0 amide bonds. The zero-order valence-corrected chi connectivity index (χ0v) is 7.08. The molecular formula is C9H9N3O. The van der Waals surface area contributed by atoms with Crippen molar-refractivity contribution in [1.82, 2.24) is 15.3 Å². The van der Waals surface area contributed by atoms with Crippen LogP contribution in [0.2, 0.25) is 0 Å². The number of ether oxygens (including phenoxy) is 1. The summed E-state index contributed by atoms with van der Waals surface area (Å²) in [6.45, 7) is 1.63. The molecule has 2 aliphatic rings. The molecule has 0 unspecified atom stereocenters. The van der Waals surface area contributed by atoms with Crippen LogP contribution >= 0.6 is 0 Å². The molecular weight excluding hydrogens is 166 g/mol. The molecule has 2 aliphatic heterocycles. The molecule has 1 N–H and O–H groups in total. The standard InChI is InChI=1S/C9H9N3O/c1-2-11-7-4-13-8-3-10-5-12-9(8)6(1)7/h3,5,11H,1-2,4H2. The van der Waals surface area contributed by atoms with E-state index in [4.69, 9.17) is 4.74 Å². The molecule has 0 fully saturated rings. The van der Waals surface area contributed by atoms with E-state index < -0.39 is 0 Å². The topological polar surface area (TPSA) is 47.0 Å². The Balaban J connectivity index is 2.18. The highest BCUT2D eigenvalue weighted by Crippen LogP contribution is 2.33. The summed E-state index contributed by atoms with van der Waals surface area (Å²) in [6.07, 6.45) is 4.34. The fraction of sp³-hybridized carbons (Fsp3) is 0.333. The molecule has 0 aromatic carbocycles. The quantitative estimate of drug-likeness (QED) is 0.626. The summed E-state index contributed by atoms with van der Waals surface area (Å²) in [6, 6.07) is 0. The lowest BCUT2D eigenvalue weighted by atomic mass is 10.1. The Labute approximate surface area is 75.7 Å². The number of aromatic nitrogens is 2. The average molecular weight is 175 g/mol. The van der Waals surface area contributed by atoms with Gasteiger partial charge in [0.25, 0.3) is 0 Å². The summed E-state index contributed by atoms with van der Waals surface area (Å²) >= 11 is 0. The molecule has 3 heterocycles. The van der Waals surface area contributed by atoms with Gasteiger partial charge >= 0.3 is 0 Å². The van der Waals surface area contributed by atoms with Gasteiger partial charge < -0.3 is 10.1 Å². The second-order valence-corrected chi connectivity index (χ2v) is 3.16. The molecule has 1 aromatic heterocycles. The van der Waals surface area contributed by atoms with Gasteiger partial charge in [-0.05, 0) is 6.42 Å². The molecule has 0 bridgehead atoms. The van der Waals surface area contributed by atoms with Gasteiger partial charge in [0.15, 0.2) is 5.75 Å². The Kier molecular flexibility index (Phi) is 1.30. The first-order valence-electron chi connectivity index (χ1n) is 4.34. The summed E-state index contributed by atoms with van der Waals surface area (Å²) in [5.41, 5.74) is 3.44. The van der Waals surface area contributed by atoms with E-state index in [0.717, 1.165) is 24.4 Å². The Bertz CT molecular complexity index is 386. The van der Waals surface area contributed by atoms with Crippen LogP contribution in [0.1, 0.15) is 12.1 Å². The second-order valence-electron chi connectivity index (χ2n) is 3.16. The van der Waals surface area contributed by atoms with E-state index >= 15 is 0 Å². The van der Waals surface area contributed by atoms with Crippen molar-refractivity contribution in [1.29, 1.82) is 0 Å². The SMILES string of the molecule is c1ncc2c(n1)C1=C(CO2)NCC1. The third-order valence-electron chi connectivity index (χ3n) is 2.41. The van der Waals surface area contributed by atoms with Crippen molar-refractivity contribution in [3.8, 4) is 5.75 Å². The number of hydrogen-bond acceptors (Lipinski definition) is 4. The minimum absolute atomic E-state index is 0.635. The number of rotatable bonds is 0. The molecule has 4 heteroatoms. The predicted octanol–water partition coefficient (Wildman–Crippen LogP) is 0.573. The van der Waals surface area contributed by atoms with E-state index in [0.29, 0.717) is 6.61 Å². The van der Waals surface area contributed by atoms with Crippen LogP contribution in [0.5, 0.6) is 5.75 Å². The van der Waals surface area contributed by atoms with Crippen LogP contribution < -0.4 is 10.1 Å². The molecule has 0 saturated carbocycles. The van der Waals surface area contributed by atoms with Gasteiger partial charge in [0, 0.05) is 12.1 Å². The highest BCUT2D eigenvalue weighted by molar-refractivity contribution is 5.73. The van der Waals surface area contributed by atoms with Crippen LogP contribution in [0.15, 0.2) is 18.2 Å². The van der Waals surface area contributed by atoms with E-state index in [1.807, 2.05) is 0 Å². The number of nitrogens with one attached hydrogen (secondary N) is 1. The molecule has 0 saturated heterocycles. The number of nitrogens with zero attached hydrogens (tertiary/aromatic N) is 2. The molecule has 0 atom stereocenters. The molecule has 0 aliphatic carbocycles. The molecule has 0 spiro atoms. The molecule has 66 valence electrons. The van der Waals surface area contributed by atoms with Crippen molar-refractivity contribution in [3.63, 3.8) is 0 Å². The van der Waals surface area contributed by atoms with Crippen molar-refractivity contribution in [3.05, 3.63) is 23.9 Å². The fourth-order valence-corrected chi connectivity index (χ4v) is 1.79. The van der Waals surface area contributed by atoms with E-state index in [9.17, 15) is 0 Å². The lowest BCUT2D eigenvalue weighted by molar-refractivity contribution is 0.336. The summed E-state index contributed by atoms with van der Waals surface area (Å²) in [4.78, 5) is 8.16. The monoisotopic (exact) mass is 175 g/mol. The van der Waals surface area contributed by atoms with Gasteiger partial charge in [-0.15, -0.1) is 0 Å². The van der Waals surface area contributed by atoms with Gasteiger partial charge in [0.2, 0.25) is 0 Å². The van der Waals surface area contributed by atoms with Gasteiger partial charge in [-0.1, -0.05) is 0 Å². The van der Waals surface area contributed by atoms with E-state index in [1.54, 1.807) is 12.5 Å². The van der Waals surface area contributed by atoms with Crippen molar-refractivity contribution in [2.45, 2.75) is 6.42 Å². The Morgan fingerprint density at radius 1 is 1.46 bits per heavy atom. The van der Waals surface area contributed by atoms with E-state index in [-0.39, 0.29) is 0 Å². The van der Waals surface area contributed by atoms with Crippen molar-refractivity contribution in [2.24, 2.45) is 0 Å². The van der Waals surface area contributed by atoms with Crippen LogP contribution in [0, 0.1) is 0 Å². The summed E-state index contributed by atoms with van der Waals surface area (Å²) in [5.74, 6) is 0.810. The maximum atomic E-state index is 5.49. The van der Waals surface area contributed by atoms with Crippen LogP contribution in [-0.4, -0.2) is 23.1 Å². The lowest BCUT2D eigenvalue weighted by Crippen LogP contribution is -2.17. The van der Waals surface area contributed by atoms with E-state index in [2.05, 4.69) is 15.3 Å². The first-order chi connectivity index (χ1) is 6.45. The summed E-state index contributed by atoms with van der Waals surface area (Å²) in [5, 5.41) is 3.29. The highest BCUT2D eigenvalue weighted by atomic mass is 16.5. The van der Waals surface area contributed by atoms with Crippen LogP contribution in [0.25, 0.3) is 5.57 Å². The molecule has 0 radical (unpaired) electrons. The summed E-state index contributed by atoms with van der Waals surface area (Å²) < 4.78 is 5.49. The van der Waals surface area contributed by atoms with E-state index in [1.165, 1.54) is 11.3 Å². The first-order valence-corrected chi connectivity index (χ1v) is 4.34. The smallest absolute Gasteiger partial charge is 0.164 e. The normalized spacial score (nSPS) is 18.8. The van der Waals surface area contributed by atoms with Crippen molar-refractivity contribution >= 4 is 5.57 Å². The van der Waals surface area contributed by atoms with Gasteiger partial charge in [-0.2, -0.15) is 0 Å². The minimum atomic E-state index is 0.635. The molecule has 3 rings (SSSR count). The largest absolute Gasteiger partial charge is 0.483 e. The number of fused-ring (bicyclic) bond motifs is 2. The zero-order valence-electron chi connectivity index (χ0n) is 7.08. The number of hydrogen-bond donors (Lipinski definition) is 1.